The molecule has 4 N–H and O–H groups in total. The highest BCUT2D eigenvalue weighted by Gasteiger charge is 2.11. The van der Waals surface area contributed by atoms with Gasteiger partial charge < -0.3 is 11.5 Å². The van der Waals surface area contributed by atoms with Crippen LogP contribution in [0.1, 0.15) is 0 Å². The Morgan fingerprint density at radius 2 is 1.72 bits per heavy atom. The average molecular weight is 348 g/mol. The number of anilines is 2. The van der Waals surface area contributed by atoms with Crippen LogP contribution in [-0.2, 0) is 0 Å². The van der Waals surface area contributed by atoms with Gasteiger partial charge in [-0.15, -0.1) is 0 Å². The van der Waals surface area contributed by atoms with Crippen LogP contribution < -0.4 is 11.5 Å². The molecule has 0 radical (unpaired) electrons. The van der Waals surface area contributed by atoms with Gasteiger partial charge in [-0.1, -0.05) is 35.9 Å². The van der Waals surface area contributed by atoms with Crippen LogP contribution in [-0.4, -0.2) is 15.0 Å². The molecule has 0 fully saturated rings. The minimum Gasteiger partial charge on any atom is -0.383 e. The first-order valence-electron chi connectivity index (χ1n) is 7.66. The minimum absolute atomic E-state index is 0.156. The molecule has 0 atom stereocenters. The summed E-state index contributed by atoms with van der Waals surface area (Å²) in [6.45, 7) is 0. The Labute approximate surface area is 149 Å². The van der Waals surface area contributed by atoms with E-state index < -0.39 is 0 Å². The molecule has 0 aliphatic heterocycles. The Balaban J connectivity index is 1.92. The number of nitrogens with two attached hydrogens (primary N) is 2. The van der Waals surface area contributed by atoms with Crippen LogP contribution in [0.2, 0.25) is 5.02 Å². The van der Waals surface area contributed by atoms with Crippen molar-refractivity contribution in [3.05, 3.63) is 65.8 Å². The summed E-state index contributed by atoms with van der Waals surface area (Å²) in [5.41, 5.74) is 16.1. The highest BCUT2D eigenvalue weighted by atomic mass is 35.5. The van der Waals surface area contributed by atoms with E-state index in [2.05, 4.69) is 15.0 Å². The van der Waals surface area contributed by atoms with Crippen LogP contribution >= 0.6 is 11.6 Å². The van der Waals surface area contributed by atoms with E-state index in [1.165, 1.54) is 0 Å². The van der Waals surface area contributed by atoms with Gasteiger partial charge in [0.15, 0.2) is 0 Å². The Morgan fingerprint density at radius 1 is 0.840 bits per heavy atom. The highest BCUT2D eigenvalue weighted by Crippen LogP contribution is 2.33. The van der Waals surface area contributed by atoms with Gasteiger partial charge in [-0.2, -0.15) is 4.98 Å². The van der Waals surface area contributed by atoms with Crippen molar-refractivity contribution in [1.29, 1.82) is 0 Å². The molecule has 0 spiro atoms. The molecule has 0 saturated carbocycles. The largest absolute Gasteiger partial charge is 0.383 e. The van der Waals surface area contributed by atoms with E-state index in [4.69, 9.17) is 23.1 Å². The molecule has 0 unspecified atom stereocenters. The van der Waals surface area contributed by atoms with Crippen molar-refractivity contribution in [2.45, 2.75) is 0 Å². The van der Waals surface area contributed by atoms with Crippen LogP contribution in [0, 0.1) is 0 Å². The number of nitrogens with zero attached hydrogens (tertiary/aromatic N) is 3. The number of hydrogen-bond donors (Lipinski definition) is 2. The van der Waals surface area contributed by atoms with Crippen LogP contribution in [0.3, 0.4) is 0 Å². The van der Waals surface area contributed by atoms with Crippen LogP contribution in [0.5, 0.6) is 0 Å². The van der Waals surface area contributed by atoms with Crippen molar-refractivity contribution < 1.29 is 0 Å². The molecule has 2 aromatic carbocycles. The van der Waals surface area contributed by atoms with Gasteiger partial charge in [0, 0.05) is 27.7 Å². The third-order valence-corrected chi connectivity index (χ3v) is 4.20. The number of nitrogen functional groups attached to an aromatic ring is 2. The molecule has 25 heavy (non-hydrogen) atoms. The van der Waals surface area contributed by atoms with Crippen LogP contribution in [0.4, 0.5) is 11.8 Å². The summed E-state index contributed by atoms with van der Waals surface area (Å²) in [6, 6.07) is 17.3. The fraction of sp³-hybridized carbons (Fsp3) is 0. The maximum Gasteiger partial charge on any atom is 0.222 e. The van der Waals surface area contributed by atoms with Crippen molar-refractivity contribution in [2.75, 3.05) is 11.5 Å². The van der Waals surface area contributed by atoms with Gasteiger partial charge in [-0.05, 0) is 35.9 Å². The van der Waals surface area contributed by atoms with Crippen LogP contribution in [0.25, 0.3) is 33.3 Å². The fourth-order valence-corrected chi connectivity index (χ4v) is 3.03. The standard InChI is InChI=1S/C19H14ClN5/c20-13-4-1-3-12(9-13)17-14(5-2-8-23-17)11-6-7-15-16(10-11)24-19(22)25-18(15)21/h1-10H,(H4,21,22,24,25). The van der Waals surface area contributed by atoms with E-state index in [9.17, 15) is 0 Å². The molecular weight excluding hydrogens is 334 g/mol. The van der Waals surface area contributed by atoms with E-state index in [0.717, 1.165) is 27.8 Å². The number of fused-ring (bicyclic) bond motifs is 1. The normalized spacial score (nSPS) is 10.9. The minimum atomic E-state index is 0.156. The second kappa shape index (κ2) is 6.03. The molecule has 0 amide bonds. The number of aromatic nitrogens is 3. The smallest absolute Gasteiger partial charge is 0.222 e. The fourth-order valence-electron chi connectivity index (χ4n) is 2.84. The number of pyridine rings is 1. The van der Waals surface area contributed by atoms with Gasteiger partial charge in [0.05, 0.1) is 11.2 Å². The first-order valence-corrected chi connectivity index (χ1v) is 8.04. The topological polar surface area (TPSA) is 90.7 Å². The molecule has 0 aliphatic carbocycles. The van der Waals surface area contributed by atoms with Gasteiger partial charge >= 0.3 is 0 Å². The predicted octanol–water partition coefficient (Wildman–Crippen LogP) is 4.18. The van der Waals surface area contributed by atoms with Gasteiger partial charge in [-0.3, -0.25) is 4.98 Å². The second-order valence-electron chi connectivity index (χ2n) is 5.61. The van der Waals surface area contributed by atoms with E-state index in [0.29, 0.717) is 16.4 Å². The molecule has 4 rings (SSSR count). The van der Waals surface area contributed by atoms with E-state index in [1.54, 1.807) is 6.20 Å². The lowest BCUT2D eigenvalue weighted by atomic mass is 9.98. The van der Waals surface area contributed by atoms with Crippen molar-refractivity contribution in [1.82, 2.24) is 15.0 Å². The number of benzene rings is 2. The first kappa shape index (κ1) is 15.4. The predicted molar refractivity (Wildman–Crippen MR) is 102 cm³/mol. The maximum absolute atomic E-state index is 6.13. The SMILES string of the molecule is Nc1nc(N)c2ccc(-c3cccnc3-c3cccc(Cl)c3)cc2n1. The molecule has 5 nitrogen and oxygen atoms in total. The molecule has 4 aromatic rings. The van der Waals surface area contributed by atoms with Gasteiger partial charge in [0.2, 0.25) is 5.95 Å². The second-order valence-corrected chi connectivity index (χ2v) is 6.05. The van der Waals surface area contributed by atoms with Crippen LogP contribution in [0.15, 0.2) is 60.8 Å². The maximum atomic E-state index is 6.13. The van der Waals surface area contributed by atoms with E-state index >= 15 is 0 Å². The molecule has 2 aromatic heterocycles. The van der Waals surface area contributed by atoms with Gasteiger partial charge in [0.1, 0.15) is 5.82 Å². The summed E-state index contributed by atoms with van der Waals surface area (Å²) >= 11 is 6.13. The third-order valence-electron chi connectivity index (χ3n) is 3.96. The molecule has 6 heteroatoms. The van der Waals surface area contributed by atoms with E-state index in [-0.39, 0.29) is 5.95 Å². The summed E-state index contributed by atoms with van der Waals surface area (Å²) in [5.74, 6) is 0.527. The van der Waals surface area contributed by atoms with E-state index in [1.807, 2.05) is 54.6 Å². The zero-order valence-corrected chi connectivity index (χ0v) is 13.9. The number of hydrogen-bond acceptors (Lipinski definition) is 5. The Morgan fingerprint density at radius 3 is 2.56 bits per heavy atom. The number of halogens is 1. The molecule has 122 valence electrons. The van der Waals surface area contributed by atoms with Crippen molar-refractivity contribution in [2.24, 2.45) is 0 Å². The molecule has 0 saturated heterocycles. The monoisotopic (exact) mass is 347 g/mol. The Hall–Kier alpha value is -3.18. The lowest BCUT2D eigenvalue weighted by Crippen LogP contribution is -2.00. The lowest BCUT2D eigenvalue weighted by Gasteiger charge is -2.10. The third kappa shape index (κ3) is 2.86. The Bertz CT molecular complexity index is 1090. The average Bonchev–Trinajstić information content (AvgIpc) is 2.61. The first-order chi connectivity index (χ1) is 12.1. The Kier molecular flexibility index (Phi) is 3.71. The summed E-state index contributed by atoms with van der Waals surface area (Å²) in [6.07, 6.45) is 1.76. The number of rotatable bonds is 2. The molecular formula is C19H14ClN5. The quantitative estimate of drug-likeness (QED) is 0.567. The summed E-state index contributed by atoms with van der Waals surface area (Å²) in [7, 11) is 0. The van der Waals surface area contributed by atoms with Gasteiger partial charge in [0.25, 0.3) is 0 Å². The molecule has 2 heterocycles. The van der Waals surface area contributed by atoms with Crippen molar-refractivity contribution in [3.63, 3.8) is 0 Å². The van der Waals surface area contributed by atoms with Crippen molar-refractivity contribution >= 4 is 34.3 Å². The van der Waals surface area contributed by atoms with Crippen molar-refractivity contribution in [3.8, 4) is 22.4 Å². The molecule has 0 bridgehead atoms. The summed E-state index contributed by atoms with van der Waals surface area (Å²) < 4.78 is 0. The summed E-state index contributed by atoms with van der Waals surface area (Å²) in [4.78, 5) is 12.8. The highest BCUT2D eigenvalue weighted by molar-refractivity contribution is 6.30. The lowest BCUT2D eigenvalue weighted by molar-refractivity contribution is 1.24. The molecule has 0 aliphatic rings. The summed E-state index contributed by atoms with van der Waals surface area (Å²) in [5, 5.41) is 1.44. The zero-order valence-electron chi connectivity index (χ0n) is 13.1. The zero-order chi connectivity index (χ0) is 17.4. The van der Waals surface area contributed by atoms with Gasteiger partial charge in [-0.25, -0.2) is 4.98 Å².